The zero-order valence-electron chi connectivity index (χ0n) is 18.7. The lowest BCUT2D eigenvalue weighted by Gasteiger charge is -2.56. The minimum absolute atomic E-state index is 0.125. The molecule has 1 fully saturated rings. The average molecular weight is 472 g/mol. The molecule has 2 N–H and O–H groups in total. The number of hydrogen-bond donors (Lipinski definition) is 2. The zero-order valence-corrected chi connectivity index (χ0v) is 19.5. The van der Waals surface area contributed by atoms with Gasteiger partial charge in [0.15, 0.2) is 11.5 Å². The molecule has 8 heteroatoms. The maximum Gasteiger partial charge on any atom is 0.261 e. The van der Waals surface area contributed by atoms with E-state index in [0.717, 1.165) is 36.4 Å². The van der Waals surface area contributed by atoms with Crippen molar-refractivity contribution in [2.24, 2.45) is 5.92 Å². The first-order valence-electron chi connectivity index (χ1n) is 11.2. The lowest BCUT2D eigenvalue weighted by atomic mass is 9.53. The van der Waals surface area contributed by atoms with E-state index >= 15 is 0 Å². The van der Waals surface area contributed by atoms with Gasteiger partial charge in [-0.1, -0.05) is 48.6 Å². The Morgan fingerprint density at radius 2 is 1.91 bits per heavy atom. The van der Waals surface area contributed by atoms with Crippen LogP contribution in [-0.2, 0) is 28.6 Å². The molecule has 7 nitrogen and oxygen atoms in total. The van der Waals surface area contributed by atoms with Gasteiger partial charge in [-0.05, 0) is 43.6 Å². The predicted octanol–water partition coefficient (Wildman–Crippen LogP) is 2.58. The average Bonchev–Trinajstić information content (AvgIpc) is 3.12. The Morgan fingerprint density at radius 3 is 2.64 bits per heavy atom. The third-order valence-electron chi connectivity index (χ3n) is 7.37. The summed E-state index contributed by atoms with van der Waals surface area (Å²) in [6.07, 6.45) is 6.17. The van der Waals surface area contributed by atoms with Gasteiger partial charge in [0.2, 0.25) is 0 Å². The van der Waals surface area contributed by atoms with E-state index in [4.69, 9.17) is 14.0 Å². The number of aliphatic hydroxyl groups is 1. The Balaban J connectivity index is 0.000000416. The van der Waals surface area contributed by atoms with E-state index in [9.17, 15) is 13.5 Å². The van der Waals surface area contributed by atoms with Crippen molar-refractivity contribution in [2.45, 2.75) is 43.1 Å². The van der Waals surface area contributed by atoms with Crippen LogP contribution in [0.1, 0.15) is 23.1 Å². The monoisotopic (exact) mass is 471 g/mol. The zero-order chi connectivity index (χ0) is 23.4. The molecule has 6 rings (SSSR count). The molecule has 0 amide bonds. The van der Waals surface area contributed by atoms with E-state index in [1.807, 2.05) is 24.3 Å². The summed E-state index contributed by atoms with van der Waals surface area (Å²) >= 11 is 0. The summed E-state index contributed by atoms with van der Waals surface area (Å²) in [5.74, 6) is 2.06. The number of nitrogens with zero attached hydrogens (tertiary/aromatic N) is 1. The number of rotatable bonds is 3. The summed E-state index contributed by atoms with van der Waals surface area (Å²) in [7, 11) is -1.44. The summed E-state index contributed by atoms with van der Waals surface area (Å²) in [6.45, 7) is 1.55. The van der Waals surface area contributed by atoms with Crippen LogP contribution in [0.25, 0.3) is 0 Å². The van der Waals surface area contributed by atoms with Gasteiger partial charge in [0, 0.05) is 22.9 Å². The molecule has 2 heterocycles. The number of piperidine rings is 1. The van der Waals surface area contributed by atoms with Crippen molar-refractivity contribution in [3.63, 3.8) is 0 Å². The van der Waals surface area contributed by atoms with Gasteiger partial charge in [-0.25, -0.2) is 0 Å². The smallest absolute Gasteiger partial charge is 0.261 e. The summed E-state index contributed by atoms with van der Waals surface area (Å²) in [4.78, 5) is 2.48. The van der Waals surface area contributed by atoms with Crippen LogP contribution in [0.3, 0.4) is 0 Å². The van der Waals surface area contributed by atoms with Crippen LogP contribution in [0.2, 0.25) is 0 Å². The van der Waals surface area contributed by atoms with Crippen LogP contribution in [0.5, 0.6) is 11.5 Å². The number of benzene rings is 2. The van der Waals surface area contributed by atoms with Crippen molar-refractivity contribution in [3.05, 3.63) is 71.3 Å². The molecule has 2 bridgehead atoms. The third kappa shape index (κ3) is 3.85. The lowest BCUT2D eigenvalue weighted by molar-refractivity contribution is -0.0454. The Labute approximate surface area is 194 Å². The van der Waals surface area contributed by atoms with Crippen LogP contribution < -0.4 is 9.47 Å². The van der Waals surface area contributed by atoms with Gasteiger partial charge in [-0.15, -0.1) is 0 Å². The van der Waals surface area contributed by atoms with Gasteiger partial charge in [0.1, 0.15) is 18.8 Å². The Hall–Kier alpha value is -2.39. The van der Waals surface area contributed by atoms with Crippen molar-refractivity contribution in [2.75, 3.05) is 19.8 Å². The second-order valence-electron chi connectivity index (χ2n) is 9.42. The molecule has 0 radical (unpaired) electrons. The van der Waals surface area contributed by atoms with Gasteiger partial charge < -0.3 is 19.5 Å². The van der Waals surface area contributed by atoms with Gasteiger partial charge in [0.25, 0.3) is 10.1 Å². The molecule has 176 valence electrons. The van der Waals surface area contributed by atoms with Crippen molar-refractivity contribution < 1.29 is 27.6 Å². The van der Waals surface area contributed by atoms with Crippen molar-refractivity contribution in [1.82, 2.24) is 4.90 Å². The van der Waals surface area contributed by atoms with E-state index in [0.29, 0.717) is 24.8 Å². The van der Waals surface area contributed by atoms with Gasteiger partial charge in [-0.2, -0.15) is 8.42 Å². The molecule has 2 aliphatic carbocycles. The Bertz CT molecular complexity index is 1170. The first-order chi connectivity index (χ1) is 15.7. The molecule has 5 atom stereocenters. The molecule has 2 aromatic carbocycles. The number of aliphatic hydroxyl groups excluding tert-OH is 1. The molecule has 1 saturated heterocycles. The molecule has 1 spiro atoms. The highest BCUT2D eigenvalue weighted by molar-refractivity contribution is 7.85. The summed E-state index contributed by atoms with van der Waals surface area (Å²) < 4.78 is 38.6. The minimum Gasteiger partial charge on any atom is -0.485 e. The van der Waals surface area contributed by atoms with Crippen LogP contribution in [0.15, 0.2) is 54.6 Å². The highest BCUT2D eigenvalue weighted by Gasteiger charge is 2.64. The standard InChI is InChI=1S/C24H25NO3.CH4O3S/c1-25-12-11-24-17-8-9-19(26)23(24)28-22-20(27-14-15-5-3-2-4-6-15)10-7-16(21(22)24)13-18(17)25;1-5(2,3)4/h2-10,17-19,23,26H,11-14H2,1H3;1H3,(H,2,3,4)/t17-,18+,19-,23-,24-;/m0./s1. The number of ether oxygens (including phenoxy) is 2. The normalized spacial score (nSPS) is 31.2. The Kier molecular flexibility index (Phi) is 5.52. The van der Waals surface area contributed by atoms with Crippen molar-refractivity contribution >= 4 is 10.1 Å². The summed E-state index contributed by atoms with van der Waals surface area (Å²) in [5, 5.41) is 10.8. The number of likely N-dealkylation sites (tertiary alicyclic amines) is 1. The van der Waals surface area contributed by atoms with E-state index in [1.165, 1.54) is 11.1 Å². The van der Waals surface area contributed by atoms with E-state index in [-0.39, 0.29) is 11.5 Å². The molecule has 33 heavy (non-hydrogen) atoms. The second-order valence-corrected chi connectivity index (χ2v) is 10.9. The first-order valence-corrected chi connectivity index (χ1v) is 13.0. The van der Waals surface area contributed by atoms with E-state index in [2.05, 4.69) is 42.3 Å². The highest BCUT2D eigenvalue weighted by Crippen LogP contribution is 2.62. The molecule has 4 aliphatic rings. The molecule has 0 saturated carbocycles. The maximum atomic E-state index is 10.8. The molecular formula is C25H29NO6S. The van der Waals surface area contributed by atoms with Crippen LogP contribution in [0, 0.1) is 5.92 Å². The fourth-order valence-corrected chi connectivity index (χ4v) is 6.08. The van der Waals surface area contributed by atoms with Crippen LogP contribution in [-0.4, -0.2) is 61.1 Å². The van der Waals surface area contributed by atoms with Gasteiger partial charge >= 0.3 is 0 Å². The second kappa shape index (κ2) is 8.13. The van der Waals surface area contributed by atoms with E-state index in [1.54, 1.807) is 0 Å². The molecule has 0 aromatic heterocycles. The molecule has 2 aliphatic heterocycles. The summed E-state index contributed by atoms with van der Waals surface area (Å²) in [6, 6.07) is 15.0. The summed E-state index contributed by atoms with van der Waals surface area (Å²) in [5.41, 5.74) is 3.68. The Morgan fingerprint density at radius 1 is 1.18 bits per heavy atom. The van der Waals surface area contributed by atoms with Crippen LogP contribution >= 0.6 is 0 Å². The molecular weight excluding hydrogens is 442 g/mol. The molecule has 0 unspecified atom stereocenters. The van der Waals surface area contributed by atoms with E-state index < -0.39 is 16.2 Å². The maximum absolute atomic E-state index is 10.8. The quantitative estimate of drug-likeness (QED) is 0.525. The number of likely N-dealkylation sites (N-methyl/N-ethyl adjacent to an activating group) is 1. The fraction of sp³-hybridized carbons (Fsp3) is 0.440. The fourth-order valence-electron chi connectivity index (χ4n) is 6.08. The van der Waals surface area contributed by atoms with Crippen molar-refractivity contribution in [3.8, 4) is 11.5 Å². The number of hydrogen-bond acceptors (Lipinski definition) is 6. The molecule has 2 aromatic rings. The third-order valence-corrected chi connectivity index (χ3v) is 7.37. The highest BCUT2D eigenvalue weighted by atomic mass is 32.2. The SMILES string of the molecule is CN1CC[C@]23c4c5ccc(OCc6ccccc6)c4O[C@H]2[C@@H](O)C=C[C@H]3[C@H]1C5.CS(=O)(=O)O. The predicted molar refractivity (Wildman–Crippen MR) is 124 cm³/mol. The van der Waals surface area contributed by atoms with Crippen LogP contribution in [0.4, 0.5) is 0 Å². The van der Waals surface area contributed by atoms with Crippen molar-refractivity contribution in [1.29, 1.82) is 0 Å². The lowest BCUT2D eigenvalue weighted by Crippen LogP contribution is -2.64. The first kappa shape index (κ1) is 22.4. The largest absolute Gasteiger partial charge is 0.485 e. The minimum atomic E-state index is -3.67. The topological polar surface area (TPSA) is 96.3 Å². The van der Waals surface area contributed by atoms with Gasteiger partial charge in [0.05, 0.1) is 6.26 Å². The van der Waals surface area contributed by atoms with Gasteiger partial charge in [-0.3, -0.25) is 4.55 Å².